The number of nitrogens with zero attached hydrogens (tertiary/aromatic N) is 4. The van der Waals surface area contributed by atoms with Crippen LogP contribution in [0.4, 0.5) is 19.1 Å². The lowest BCUT2D eigenvalue weighted by atomic mass is 9.97. The molecule has 3 heterocycles. The topological polar surface area (TPSA) is 67.1 Å². The summed E-state index contributed by atoms with van der Waals surface area (Å²) in [5, 5.41) is 10.0. The minimum Gasteiger partial charge on any atom is -0.379 e. The third-order valence-electron chi connectivity index (χ3n) is 6.08. The normalized spacial score (nSPS) is 13.8. The molecule has 0 bridgehead atoms. The number of hydrogen-bond donors (Lipinski definition) is 2. The summed E-state index contributed by atoms with van der Waals surface area (Å²) in [5.41, 5.74) is 3.88. The number of hydrogen-bond acceptors (Lipinski definition) is 5. The van der Waals surface area contributed by atoms with E-state index in [1.54, 1.807) is 16.9 Å². The fourth-order valence-corrected chi connectivity index (χ4v) is 4.05. The molecule has 188 valence electrons. The number of aryl methyl sites for hydroxylation is 1. The van der Waals surface area contributed by atoms with Gasteiger partial charge in [-0.2, -0.15) is 5.10 Å². The van der Waals surface area contributed by atoms with E-state index < -0.39 is 18.6 Å². The van der Waals surface area contributed by atoms with E-state index in [1.807, 2.05) is 52.1 Å². The van der Waals surface area contributed by atoms with E-state index in [4.69, 9.17) is 0 Å². The van der Waals surface area contributed by atoms with E-state index in [9.17, 15) is 13.2 Å². The van der Waals surface area contributed by atoms with Crippen LogP contribution in [0.5, 0.6) is 0 Å². The van der Waals surface area contributed by atoms with Crippen molar-refractivity contribution in [3.63, 3.8) is 0 Å². The number of nitrogens with one attached hydrogen (secondary N) is 2. The second-order valence-corrected chi connectivity index (χ2v) is 8.56. The Morgan fingerprint density at radius 3 is 2.66 bits per heavy atom. The zero-order valence-corrected chi connectivity index (χ0v) is 20.7. The quantitative estimate of drug-likeness (QED) is 0.327. The molecule has 3 aromatic heterocycles. The minimum absolute atomic E-state index is 0.163. The van der Waals surface area contributed by atoms with E-state index in [2.05, 4.69) is 32.3 Å². The summed E-state index contributed by atoms with van der Waals surface area (Å²) in [6, 6.07) is 3.85. The van der Waals surface area contributed by atoms with Gasteiger partial charge in [0.15, 0.2) is 0 Å². The van der Waals surface area contributed by atoms with Crippen molar-refractivity contribution in [2.45, 2.75) is 59.1 Å². The largest absolute Gasteiger partial charge is 0.379 e. The summed E-state index contributed by atoms with van der Waals surface area (Å²) >= 11 is 0. The van der Waals surface area contributed by atoms with Gasteiger partial charge in [0.05, 0.1) is 30.5 Å². The molecule has 0 aromatic carbocycles. The average Bonchev–Trinajstić information content (AvgIpc) is 3.26. The zero-order chi connectivity index (χ0) is 25.6. The standard InChI is InChI=1S/C26H33F3N6/c1-6-10-26(29,8-3)16-32-25-31-13-21(18(5)34-25)20(7-2)19-9-11-35-23(12-19)22(14-33-35)17(4)30-15-24(27)28/h7,9,11-14,24,30H,4,6,8,10,15-16H2,1-3,5H3,(H,31,32,34)/b20-7-. The van der Waals surface area contributed by atoms with Crippen molar-refractivity contribution >= 4 is 22.7 Å². The van der Waals surface area contributed by atoms with Crippen LogP contribution in [0, 0.1) is 6.92 Å². The lowest BCUT2D eigenvalue weighted by Crippen LogP contribution is -2.32. The fraction of sp³-hybridized carbons (Fsp3) is 0.423. The van der Waals surface area contributed by atoms with Gasteiger partial charge in [0.2, 0.25) is 5.95 Å². The average molecular weight is 487 g/mol. The van der Waals surface area contributed by atoms with Crippen LogP contribution in [0.2, 0.25) is 0 Å². The van der Waals surface area contributed by atoms with Gasteiger partial charge < -0.3 is 10.6 Å². The first-order valence-corrected chi connectivity index (χ1v) is 11.8. The van der Waals surface area contributed by atoms with E-state index in [0.717, 1.165) is 34.3 Å². The molecule has 2 N–H and O–H groups in total. The lowest BCUT2D eigenvalue weighted by Gasteiger charge is -2.23. The van der Waals surface area contributed by atoms with Crippen molar-refractivity contribution in [2.24, 2.45) is 0 Å². The molecular weight excluding hydrogens is 453 g/mol. The van der Waals surface area contributed by atoms with Gasteiger partial charge in [-0.1, -0.05) is 32.9 Å². The van der Waals surface area contributed by atoms with Crippen LogP contribution in [0.25, 0.3) is 16.8 Å². The summed E-state index contributed by atoms with van der Waals surface area (Å²) < 4.78 is 41.8. The molecule has 0 aliphatic rings. The second kappa shape index (κ2) is 11.4. The van der Waals surface area contributed by atoms with Crippen molar-refractivity contribution in [3.05, 3.63) is 65.8 Å². The molecule has 0 aliphatic carbocycles. The molecule has 0 saturated heterocycles. The Bertz CT molecular complexity index is 1200. The van der Waals surface area contributed by atoms with Crippen LogP contribution in [0.1, 0.15) is 62.4 Å². The number of pyridine rings is 1. The predicted octanol–water partition coefficient (Wildman–Crippen LogP) is 6.04. The highest BCUT2D eigenvalue weighted by Gasteiger charge is 2.26. The van der Waals surface area contributed by atoms with E-state index in [1.165, 1.54) is 0 Å². The Morgan fingerprint density at radius 1 is 1.26 bits per heavy atom. The lowest BCUT2D eigenvalue weighted by molar-refractivity contribution is 0.151. The van der Waals surface area contributed by atoms with Gasteiger partial charge in [-0.25, -0.2) is 27.7 Å². The smallest absolute Gasteiger partial charge is 0.255 e. The first-order chi connectivity index (χ1) is 16.7. The monoisotopic (exact) mass is 486 g/mol. The summed E-state index contributed by atoms with van der Waals surface area (Å²) in [6.07, 6.45) is 6.32. The van der Waals surface area contributed by atoms with Crippen LogP contribution in [0.3, 0.4) is 0 Å². The van der Waals surface area contributed by atoms with Crippen LogP contribution in [-0.4, -0.2) is 44.8 Å². The van der Waals surface area contributed by atoms with Crippen LogP contribution < -0.4 is 10.6 Å². The highest BCUT2D eigenvalue weighted by atomic mass is 19.3. The summed E-state index contributed by atoms with van der Waals surface area (Å²) in [5.74, 6) is 0.392. The number of halogens is 3. The Morgan fingerprint density at radius 2 is 2.03 bits per heavy atom. The summed E-state index contributed by atoms with van der Waals surface area (Å²) in [4.78, 5) is 8.99. The van der Waals surface area contributed by atoms with Gasteiger partial charge in [-0.05, 0) is 50.0 Å². The molecule has 9 heteroatoms. The first-order valence-electron chi connectivity index (χ1n) is 11.8. The summed E-state index contributed by atoms with van der Waals surface area (Å²) in [6.45, 7) is 11.2. The molecule has 0 fully saturated rings. The SMILES string of the molecule is C=C(NCC(F)F)c1cnn2ccc(/C(=C/C)c3cnc(NCC(F)(CC)CCC)nc3C)cc12. The van der Waals surface area contributed by atoms with E-state index in [-0.39, 0.29) is 6.54 Å². The van der Waals surface area contributed by atoms with Crippen LogP contribution in [-0.2, 0) is 0 Å². The molecule has 3 rings (SSSR count). The van der Waals surface area contributed by atoms with Gasteiger partial charge in [0.25, 0.3) is 6.43 Å². The maximum Gasteiger partial charge on any atom is 0.255 e. The molecular formula is C26H33F3N6. The Balaban J connectivity index is 1.86. The number of allylic oxidation sites excluding steroid dienone is 1. The number of rotatable bonds is 12. The van der Waals surface area contributed by atoms with Crippen LogP contribution in [0.15, 0.2) is 43.4 Å². The Labute approximate surface area is 204 Å². The van der Waals surface area contributed by atoms with Gasteiger partial charge in [0.1, 0.15) is 5.67 Å². The van der Waals surface area contributed by atoms with Crippen molar-refractivity contribution in [1.29, 1.82) is 0 Å². The van der Waals surface area contributed by atoms with Gasteiger partial charge >= 0.3 is 0 Å². The van der Waals surface area contributed by atoms with Gasteiger partial charge in [-0.15, -0.1) is 0 Å². The molecule has 35 heavy (non-hydrogen) atoms. The molecule has 0 radical (unpaired) electrons. The fourth-order valence-electron chi connectivity index (χ4n) is 4.05. The third-order valence-corrected chi connectivity index (χ3v) is 6.08. The second-order valence-electron chi connectivity index (χ2n) is 8.56. The minimum atomic E-state index is -2.48. The van der Waals surface area contributed by atoms with Crippen molar-refractivity contribution < 1.29 is 13.2 Å². The molecule has 0 amide bonds. The zero-order valence-electron chi connectivity index (χ0n) is 20.7. The molecule has 3 aromatic rings. The van der Waals surface area contributed by atoms with Gasteiger partial charge in [0, 0.05) is 29.2 Å². The number of anilines is 1. The van der Waals surface area contributed by atoms with Crippen molar-refractivity contribution in [3.8, 4) is 0 Å². The molecule has 0 aliphatic heterocycles. The maximum atomic E-state index is 14.9. The molecule has 1 unspecified atom stereocenters. The molecule has 0 saturated carbocycles. The maximum absolute atomic E-state index is 14.9. The first kappa shape index (κ1) is 26.2. The van der Waals surface area contributed by atoms with E-state index >= 15 is 0 Å². The molecule has 0 spiro atoms. The van der Waals surface area contributed by atoms with Gasteiger partial charge in [-0.3, -0.25) is 0 Å². The van der Waals surface area contributed by atoms with Crippen LogP contribution >= 0.6 is 0 Å². The number of fused-ring (bicyclic) bond motifs is 1. The number of aromatic nitrogens is 4. The van der Waals surface area contributed by atoms with Crippen molar-refractivity contribution in [2.75, 3.05) is 18.4 Å². The Hall–Kier alpha value is -3.36. The van der Waals surface area contributed by atoms with Crippen molar-refractivity contribution in [1.82, 2.24) is 24.9 Å². The molecule has 6 nitrogen and oxygen atoms in total. The third kappa shape index (κ3) is 6.21. The number of alkyl halides is 3. The predicted molar refractivity (Wildman–Crippen MR) is 135 cm³/mol. The molecule has 1 atom stereocenters. The van der Waals surface area contributed by atoms with E-state index in [0.29, 0.717) is 30.1 Å². The summed E-state index contributed by atoms with van der Waals surface area (Å²) in [7, 11) is 0. The highest BCUT2D eigenvalue weighted by Crippen LogP contribution is 2.29. The Kier molecular flexibility index (Phi) is 8.53. The highest BCUT2D eigenvalue weighted by molar-refractivity contribution is 5.84.